The van der Waals surface area contributed by atoms with Crippen LogP contribution in [0.4, 0.5) is 4.79 Å². The van der Waals surface area contributed by atoms with E-state index in [0.29, 0.717) is 35.6 Å². The van der Waals surface area contributed by atoms with Crippen LogP contribution in [0.25, 0.3) is 10.8 Å². The third-order valence-corrected chi connectivity index (χ3v) is 20.5. The van der Waals surface area contributed by atoms with E-state index >= 15 is 0 Å². The summed E-state index contributed by atoms with van der Waals surface area (Å²) >= 11 is 0. The fourth-order valence-corrected chi connectivity index (χ4v) is 17.7. The molecule has 11 nitrogen and oxygen atoms in total. The number of carbonyl (C=O) groups excluding carboxylic acids is 2. The summed E-state index contributed by atoms with van der Waals surface area (Å²) in [7, 11) is -7.29. The number of rotatable bonds is 13. The van der Waals surface area contributed by atoms with Crippen LogP contribution in [0.2, 0.25) is 0 Å². The minimum Gasteiger partial charge on any atom is -0.480 e. The van der Waals surface area contributed by atoms with Crippen LogP contribution in [0.15, 0.2) is 77.7 Å². The highest BCUT2D eigenvalue weighted by atomic mass is 33.6. The molecule has 1 fully saturated rings. The number of amides is 2. The molecule has 0 saturated carbocycles. The van der Waals surface area contributed by atoms with Gasteiger partial charge in [0, 0.05) is 31.0 Å². The number of aliphatic carboxylic acids is 2. The van der Waals surface area contributed by atoms with E-state index in [-0.39, 0.29) is 18.0 Å². The number of carboxylic acids is 2. The van der Waals surface area contributed by atoms with E-state index in [4.69, 9.17) is 0 Å². The van der Waals surface area contributed by atoms with E-state index in [9.17, 15) is 37.8 Å². The monoisotopic (exact) mass is 661 g/mol. The Labute approximate surface area is 260 Å². The Hall–Kier alpha value is -3.59. The second kappa shape index (κ2) is 14.5. The minimum absolute atomic E-state index is 0.00462. The van der Waals surface area contributed by atoms with E-state index < -0.39 is 63.6 Å². The summed E-state index contributed by atoms with van der Waals surface area (Å²) in [6.45, 7) is 1.13. The van der Waals surface area contributed by atoms with Crippen molar-refractivity contribution in [1.82, 2.24) is 15.5 Å². The van der Waals surface area contributed by atoms with E-state index in [2.05, 4.69) is 10.6 Å². The van der Waals surface area contributed by atoms with Gasteiger partial charge in [-0.25, -0.2) is 13.2 Å². The average molecular weight is 662 g/mol. The number of hydrogen-bond acceptors (Lipinski definition) is 8. The molecule has 4 rings (SSSR count). The molecule has 0 spiro atoms. The van der Waals surface area contributed by atoms with Crippen molar-refractivity contribution in [1.29, 1.82) is 0 Å². The summed E-state index contributed by atoms with van der Waals surface area (Å²) < 4.78 is 29.8. The average Bonchev–Trinajstić information content (AvgIpc) is 3.54. The maximum atomic E-state index is 14.9. The quantitative estimate of drug-likeness (QED) is 0.198. The van der Waals surface area contributed by atoms with Gasteiger partial charge >= 0.3 is 11.9 Å². The van der Waals surface area contributed by atoms with Crippen molar-refractivity contribution in [3.8, 4) is 0 Å². The fraction of sp³-hybridized carbons (Fsp3) is 0.333. The molecule has 14 heteroatoms. The van der Waals surface area contributed by atoms with Crippen LogP contribution in [0.5, 0.6) is 0 Å². The molecule has 0 aliphatic carbocycles. The Balaban J connectivity index is 1.84. The highest BCUT2D eigenvalue weighted by Gasteiger charge is 2.52. The molecule has 3 atom stereocenters. The first kappa shape index (κ1) is 33.3. The van der Waals surface area contributed by atoms with E-state index in [1.165, 1.54) is 12.1 Å². The summed E-state index contributed by atoms with van der Waals surface area (Å²) in [6.07, 6.45) is 0.673. The second-order valence-corrected chi connectivity index (χ2v) is 20.6. The summed E-state index contributed by atoms with van der Waals surface area (Å²) in [5, 5.41) is 25.2. The number of benzene rings is 3. The van der Waals surface area contributed by atoms with Crippen molar-refractivity contribution in [2.75, 3.05) is 31.9 Å². The van der Waals surface area contributed by atoms with Crippen LogP contribution in [0.1, 0.15) is 18.9 Å². The summed E-state index contributed by atoms with van der Waals surface area (Å²) in [6, 6.07) is 19.4. The standard InChI is InChI=1S/C30H35N3O8S3/c1-21(34)32-27(29(37)38)20-43(26-13-15-31-18-26,44(40,41)25-12-11-23-9-5-6-10-24(23)17-25)42-30(39)33(19-28(35)36)16-14-22-7-3-2-4-8-22/h2-12,17,26-27,31H,13-16,18-20H2,1H3,(H,32,34)(H,35,36)(H,37,38). The van der Waals surface area contributed by atoms with Crippen LogP contribution < -0.4 is 10.6 Å². The van der Waals surface area contributed by atoms with E-state index in [1.807, 2.05) is 42.5 Å². The molecule has 236 valence electrons. The molecule has 1 aliphatic rings. The lowest BCUT2D eigenvalue weighted by Crippen LogP contribution is -2.46. The first-order valence-electron chi connectivity index (χ1n) is 13.9. The van der Waals surface area contributed by atoms with Crippen LogP contribution in [-0.2, 0) is 29.7 Å². The van der Waals surface area contributed by atoms with Crippen molar-refractivity contribution in [3.63, 3.8) is 0 Å². The number of carbonyl (C=O) groups is 4. The Kier molecular flexibility index (Phi) is 10.9. The maximum Gasteiger partial charge on any atom is 0.327 e. The van der Waals surface area contributed by atoms with Gasteiger partial charge in [-0.3, -0.25) is 14.4 Å². The van der Waals surface area contributed by atoms with Gasteiger partial charge in [0.2, 0.25) is 14.8 Å². The zero-order valence-electron chi connectivity index (χ0n) is 24.0. The Morgan fingerprint density at radius 2 is 1.68 bits per heavy atom. The summed E-state index contributed by atoms with van der Waals surface area (Å²) in [5.74, 6) is -3.91. The predicted octanol–water partition coefficient (Wildman–Crippen LogP) is 3.68. The zero-order chi connectivity index (χ0) is 31.9. The predicted molar refractivity (Wildman–Crippen MR) is 172 cm³/mol. The fourth-order valence-electron chi connectivity index (χ4n) is 5.10. The van der Waals surface area contributed by atoms with Gasteiger partial charge in [0.15, 0.2) is 0 Å². The molecule has 0 bridgehead atoms. The van der Waals surface area contributed by atoms with Crippen LogP contribution in [-0.4, -0.2) is 89.8 Å². The molecule has 3 aromatic carbocycles. The molecule has 3 aromatic rings. The Morgan fingerprint density at radius 1 is 1.00 bits per heavy atom. The Bertz CT molecular complexity index is 1630. The molecule has 0 aromatic heterocycles. The van der Waals surface area contributed by atoms with Gasteiger partial charge in [0.05, 0.1) is 4.90 Å². The highest BCUT2D eigenvalue weighted by molar-refractivity contribution is 9.25. The van der Waals surface area contributed by atoms with E-state index in [0.717, 1.165) is 22.8 Å². The molecule has 2 amide bonds. The third kappa shape index (κ3) is 7.73. The minimum atomic E-state index is -4.43. The molecular formula is C30H35N3O8S3. The zero-order valence-corrected chi connectivity index (χ0v) is 26.5. The van der Waals surface area contributed by atoms with Crippen molar-refractivity contribution in [2.24, 2.45) is 0 Å². The van der Waals surface area contributed by atoms with Crippen LogP contribution in [0.3, 0.4) is 0 Å². The smallest absolute Gasteiger partial charge is 0.327 e. The maximum absolute atomic E-state index is 14.9. The van der Waals surface area contributed by atoms with Crippen LogP contribution in [0, 0.1) is 0 Å². The molecule has 4 N–H and O–H groups in total. The van der Waals surface area contributed by atoms with Crippen LogP contribution >= 0.6 is 18.9 Å². The molecule has 1 saturated heterocycles. The Morgan fingerprint density at radius 3 is 2.30 bits per heavy atom. The number of fused-ring (bicyclic) bond motifs is 1. The second-order valence-electron chi connectivity index (χ2n) is 10.4. The largest absolute Gasteiger partial charge is 0.480 e. The van der Waals surface area contributed by atoms with Gasteiger partial charge in [0.1, 0.15) is 12.6 Å². The first-order valence-corrected chi connectivity index (χ1v) is 19.1. The van der Waals surface area contributed by atoms with Gasteiger partial charge in [0.25, 0.3) is 5.24 Å². The lowest BCUT2D eigenvalue weighted by Gasteiger charge is -2.44. The summed E-state index contributed by atoms with van der Waals surface area (Å²) in [4.78, 5) is 51.3. The van der Waals surface area contributed by atoms with Crippen molar-refractivity contribution in [3.05, 3.63) is 78.4 Å². The van der Waals surface area contributed by atoms with Gasteiger partial charge in [-0.05, 0) is 58.6 Å². The van der Waals surface area contributed by atoms with E-state index in [1.54, 1.807) is 18.2 Å². The number of carboxylic acid groups (broad SMARTS) is 2. The van der Waals surface area contributed by atoms with Crippen molar-refractivity contribution < 1.29 is 37.8 Å². The van der Waals surface area contributed by atoms with Crippen molar-refractivity contribution in [2.45, 2.75) is 36.0 Å². The lowest BCUT2D eigenvalue weighted by molar-refractivity contribution is -0.140. The third-order valence-electron chi connectivity index (χ3n) is 7.29. The van der Waals surface area contributed by atoms with Gasteiger partial charge in [-0.1, -0.05) is 68.8 Å². The highest BCUT2D eigenvalue weighted by Crippen LogP contribution is 2.72. The SMILES string of the molecule is CC(=O)NC(CS(SC(=O)N(CCc1ccccc1)CC(=O)O)(C1CCNC1)S(=O)(=O)c1ccc2ccccc2c1)C(=O)O. The topological polar surface area (TPSA) is 170 Å². The molecule has 1 heterocycles. The normalized spacial score (nSPS) is 17.7. The molecule has 3 unspecified atom stereocenters. The number of hydrogen-bond donors (Lipinski definition) is 4. The lowest BCUT2D eigenvalue weighted by atomic mass is 10.1. The van der Waals surface area contributed by atoms with Crippen molar-refractivity contribution >= 4 is 61.6 Å². The molecule has 1 aliphatic heterocycles. The summed E-state index contributed by atoms with van der Waals surface area (Å²) in [5.41, 5.74) is 0.861. The van der Waals surface area contributed by atoms with Gasteiger partial charge in [-0.15, -0.1) is 0 Å². The first-order chi connectivity index (χ1) is 20.9. The molecule has 0 radical (unpaired) electrons. The van der Waals surface area contributed by atoms with Gasteiger partial charge in [-0.2, -0.15) is 0 Å². The molecular weight excluding hydrogens is 627 g/mol. The molecule has 44 heavy (non-hydrogen) atoms. The number of nitrogens with one attached hydrogen (secondary N) is 2. The van der Waals surface area contributed by atoms with Gasteiger partial charge < -0.3 is 25.7 Å². The number of nitrogens with zero attached hydrogens (tertiary/aromatic N) is 1.